The number of ether oxygens (including phenoxy) is 2. The van der Waals surface area contributed by atoms with Crippen LogP contribution in [0.15, 0.2) is 24.4 Å². The van der Waals surface area contributed by atoms with Crippen molar-refractivity contribution in [1.82, 2.24) is 29.9 Å². The predicted octanol–water partition coefficient (Wildman–Crippen LogP) is 0.165. The van der Waals surface area contributed by atoms with Crippen LogP contribution in [0.5, 0.6) is 5.88 Å². The summed E-state index contributed by atoms with van der Waals surface area (Å²) < 4.78 is 13.6. The Labute approximate surface area is 195 Å². The van der Waals surface area contributed by atoms with Crippen LogP contribution in [0.25, 0.3) is 33.2 Å². The lowest BCUT2D eigenvalue weighted by molar-refractivity contribution is 0.0202. The summed E-state index contributed by atoms with van der Waals surface area (Å²) in [6, 6.07) is 6.39. The molecule has 12 heteroatoms. The van der Waals surface area contributed by atoms with E-state index in [1.807, 2.05) is 25.4 Å². The molecule has 1 fully saturated rings. The van der Waals surface area contributed by atoms with E-state index in [1.165, 1.54) is 0 Å². The fraction of sp³-hybridized carbons (Fsp3) is 0.429. The van der Waals surface area contributed by atoms with Gasteiger partial charge in [0.15, 0.2) is 0 Å². The molecule has 1 aromatic carbocycles. The highest BCUT2D eigenvalue weighted by Crippen LogP contribution is 2.35. The van der Waals surface area contributed by atoms with Crippen LogP contribution in [0.2, 0.25) is 0 Å². The van der Waals surface area contributed by atoms with Gasteiger partial charge < -0.3 is 19.8 Å². The standard InChI is InChI=1S/C21H28B3N7O2/c1-31-16-9-11(3-8-15(16)29-30-31)14-10-25-18-17(14)19(32-2)28-20(27-18)26-12-4-6-13(7-5-12)33-21(22,23)24/h3,8-10,12-13H,4-7,22-24H2,1-2H3,(H2,25,26,27,28)/t12-,13+. The molecule has 0 bridgehead atoms. The van der Waals surface area contributed by atoms with Crippen molar-refractivity contribution < 1.29 is 9.47 Å². The first-order valence-corrected chi connectivity index (χ1v) is 11.5. The quantitative estimate of drug-likeness (QED) is 0.410. The van der Waals surface area contributed by atoms with Crippen molar-refractivity contribution in [3.63, 3.8) is 0 Å². The number of fused-ring (bicyclic) bond motifs is 2. The molecule has 0 spiro atoms. The average Bonchev–Trinajstić information content (AvgIpc) is 3.37. The second-order valence-electron chi connectivity index (χ2n) is 9.75. The van der Waals surface area contributed by atoms with Crippen molar-refractivity contribution in [2.24, 2.45) is 7.05 Å². The first-order chi connectivity index (χ1) is 15.8. The summed E-state index contributed by atoms with van der Waals surface area (Å²) in [5.41, 5.74) is 4.58. The molecule has 0 amide bonds. The number of nitrogens with zero attached hydrogens (tertiary/aromatic N) is 5. The second-order valence-corrected chi connectivity index (χ2v) is 9.75. The number of H-pyrrole nitrogens is 1. The van der Waals surface area contributed by atoms with E-state index in [2.05, 4.69) is 50.2 Å². The van der Waals surface area contributed by atoms with Crippen molar-refractivity contribution >= 4 is 51.6 Å². The van der Waals surface area contributed by atoms with Gasteiger partial charge in [0.25, 0.3) is 0 Å². The van der Waals surface area contributed by atoms with Gasteiger partial charge in [0, 0.05) is 24.8 Å². The minimum Gasteiger partial charge on any atom is -0.480 e. The molecule has 0 atom stereocenters. The van der Waals surface area contributed by atoms with E-state index in [9.17, 15) is 0 Å². The van der Waals surface area contributed by atoms with Crippen molar-refractivity contribution in [1.29, 1.82) is 0 Å². The third-order valence-electron chi connectivity index (χ3n) is 6.14. The summed E-state index contributed by atoms with van der Waals surface area (Å²) in [5.74, 6) is 1.13. The average molecular weight is 443 g/mol. The zero-order chi connectivity index (χ0) is 23.2. The van der Waals surface area contributed by atoms with E-state index < -0.39 is 0 Å². The van der Waals surface area contributed by atoms with Gasteiger partial charge in [-0.3, -0.25) is 0 Å². The highest BCUT2D eigenvalue weighted by molar-refractivity contribution is 6.58. The Hall–Kier alpha value is -3.01. The smallest absolute Gasteiger partial charge is 0.228 e. The van der Waals surface area contributed by atoms with E-state index in [0.29, 0.717) is 24.0 Å². The molecule has 9 nitrogen and oxygen atoms in total. The summed E-state index contributed by atoms with van der Waals surface area (Å²) in [5, 5.41) is 12.5. The molecule has 2 N–H and O–H groups in total. The Morgan fingerprint density at radius 1 is 1.15 bits per heavy atom. The number of rotatable bonds is 6. The molecule has 1 saturated carbocycles. The third kappa shape index (κ3) is 4.44. The third-order valence-corrected chi connectivity index (χ3v) is 6.14. The number of aromatic amines is 1. The minimum absolute atomic E-state index is 0.102. The van der Waals surface area contributed by atoms with Crippen LogP contribution in [0.3, 0.4) is 0 Å². The van der Waals surface area contributed by atoms with Crippen LogP contribution in [-0.2, 0) is 11.8 Å². The lowest BCUT2D eigenvalue weighted by Gasteiger charge is -2.34. The Kier molecular flexibility index (Phi) is 5.56. The SMILES string of the molecule is BC(B)(B)O[C@H]1CC[C@@H](Nc2nc(OC)c3c(-c4ccc5nnn(C)c5c4)c[nH]c3n2)CC1. The summed E-state index contributed by atoms with van der Waals surface area (Å²) in [4.78, 5) is 12.7. The Morgan fingerprint density at radius 3 is 2.67 bits per heavy atom. The molecule has 4 aromatic rings. The zero-order valence-electron chi connectivity index (χ0n) is 19.8. The van der Waals surface area contributed by atoms with Crippen LogP contribution >= 0.6 is 0 Å². The van der Waals surface area contributed by atoms with Gasteiger partial charge in [-0.25, -0.2) is 4.68 Å². The molecule has 3 aromatic heterocycles. The maximum Gasteiger partial charge on any atom is 0.228 e. The van der Waals surface area contributed by atoms with Gasteiger partial charge in [-0.2, -0.15) is 9.97 Å². The number of aryl methyl sites for hydroxylation is 1. The number of nitrogens with one attached hydrogen (secondary N) is 2. The fourth-order valence-corrected chi connectivity index (χ4v) is 4.65. The van der Waals surface area contributed by atoms with Crippen LogP contribution < -0.4 is 10.1 Å². The first kappa shape index (κ1) is 21.8. The van der Waals surface area contributed by atoms with Crippen LogP contribution in [0.4, 0.5) is 5.95 Å². The monoisotopic (exact) mass is 443 g/mol. The van der Waals surface area contributed by atoms with Crippen molar-refractivity contribution in [3.05, 3.63) is 24.4 Å². The molecule has 1 aliphatic carbocycles. The summed E-state index contributed by atoms with van der Waals surface area (Å²) in [6.45, 7) is 0. The van der Waals surface area contributed by atoms with E-state index >= 15 is 0 Å². The highest BCUT2D eigenvalue weighted by Gasteiger charge is 2.26. The molecule has 1 aliphatic rings. The lowest BCUT2D eigenvalue weighted by atomic mass is 9.52. The normalized spacial score (nSPS) is 19.2. The lowest BCUT2D eigenvalue weighted by Crippen LogP contribution is -2.41. The molecule has 0 radical (unpaired) electrons. The number of hydrogen-bond donors (Lipinski definition) is 2. The summed E-state index contributed by atoms with van der Waals surface area (Å²) >= 11 is 0. The number of anilines is 1. The number of benzene rings is 1. The molecule has 168 valence electrons. The maximum absolute atomic E-state index is 6.15. The molecule has 0 aliphatic heterocycles. The van der Waals surface area contributed by atoms with Gasteiger partial charge in [-0.15, -0.1) is 5.10 Å². The summed E-state index contributed by atoms with van der Waals surface area (Å²) in [6.07, 6.45) is 6.39. The van der Waals surface area contributed by atoms with E-state index in [0.717, 1.165) is 58.9 Å². The molecule has 5 rings (SSSR count). The second kappa shape index (κ2) is 8.41. The molecule has 33 heavy (non-hydrogen) atoms. The first-order valence-electron chi connectivity index (χ1n) is 11.5. The Bertz CT molecular complexity index is 1290. The van der Waals surface area contributed by atoms with E-state index in [1.54, 1.807) is 11.8 Å². The van der Waals surface area contributed by atoms with Crippen LogP contribution in [0.1, 0.15) is 25.7 Å². The van der Waals surface area contributed by atoms with Crippen molar-refractivity contribution in [2.45, 2.75) is 43.1 Å². The predicted molar refractivity (Wildman–Crippen MR) is 137 cm³/mol. The van der Waals surface area contributed by atoms with Gasteiger partial charge in [-0.1, -0.05) is 11.3 Å². The number of methoxy groups -OCH3 is 1. The minimum atomic E-state index is -0.102. The van der Waals surface area contributed by atoms with Gasteiger partial charge in [0.1, 0.15) is 34.7 Å². The van der Waals surface area contributed by atoms with Gasteiger partial charge in [-0.05, 0) is 48.7 Å². The maximum atomic E-state index is 6.15. The topological polar surface area (TPSA) is 103 Å². The van der Waals surface area contributed by atoms with Crippen LogP contribution in [-0.4, -0.2) is 78.0 Å². The fourth-order valence-electron chi connectivity index (χ4n) is 4.65. The molecular weight excluding hydrogens is 415 g/mol. The number of hydrogen-bond acceptors (Lipinski definition) is 7. The zero-order valence-corrected chi connectivity index (χ0v) is 19.8. The van der Waals surface area contributed by atoms with Crippen LogP contribution in [0, 0.1) is 0 Å². The van der Waals surface area contributed by atoms with Gasteiger partial charge in [0.2, 0.25) is 11.8 Å². The molecule has 0 unspecified atom stereocenters. The molecular formula is C21H28B3N7O2. The Balaban J connectivity index is 1.39. The van der Waals surface area contributed by atoms with E-state index in [-0.39, 0.29) is 5.30 Å². The highest BCUT2D eigenvalue weighted by atomic mass is 16.5. The largest absolute Gasteiger partial charge is 0.480 e. The van der Waals surface area contributed by atoms with Crippen molar-refractivity contribution in [2.75, 3.05) is 12.4 Å². The summed E-state index contributed by atoms with van der Waals surface area (Å²) in [7, 11) is 9.87. The van der Waals surface area contributed by atoms with Crippen molar-refractivity contribution in [3.8, 4) is 17.0 Å². The molecule has 3 heterocycles. The van der Waals surface area contributed by atoms with Gasteiger partial charge in [0.05, 0.1) is 24.1 Å². The van der Waals surface area contributed by atoms with E-state index in [4.69, 9.17) is 19.4 Å². The number of aromatic nitrogens is 6. The van der Waals surface area contributed by atoms with Gasteiger partial charge >= 0.3 is 0 Å². The Morgan fingerprint density at radius 2 is 1.94 bits per heavy atom. The molecule has 0 saturated heterocycles.